The molecule has 0 aliphatic carbocycles. The molecule has 3 aromatic carbocycles. The maximum Gasteiger partial charge on any atom is 0.336 e. The van der Waals surface area contributed by atoms with E-state index in [-0.39, 0.29) is 10.5 Å². The van der Waals surface area contributed by atoms with Gasteiger partial charge in [0, 0.05) is 5.39 Å². The number of rotatable bonds is 2. The van der Waals surface area contributed by atoms with Crippen molar-refractivity contribution in [3.8, 4) is 0 Å². The van der Waals surface area contributed by atoms with E-state index in [1.54, 1.807) is 30.3 Å². The minimum absolute atomic E-state index is 0.145. The molecule has 5 nitrogen and oxygen atoms in total. The van der Waals surface area contributed by atoms with Gasteiger partial charge in [-0.1, -0.05) is 24.3 Å². The fourth-order valence-electron chi connectivity index (χ4n) is 2.43. The molecule has 0 atom stereocenters. The smallest absolute Gasteiger partial charge is 0.336 e. The number of hydrogen-bond acceptors (Lipinski definition) is 3. The molecule has 0 aliphatic rings. The van der Waals surface area contributed by atoms with Crippen LogP contribution in [0.2, 0.25) is 0 Å². The zero-order chi connectivity index (χ0) is 15.2. The fraction of sp³-hybridized carbons (Fsp3) is 0. The molecular formula is C15H10O5S. The molecule has 0 heterocycles. The molecule has 0 fully saturated rings. The summed E-state index contributed by atoms with van der Waals surface area (Å²) in [7, 11) is -4.34. The number of hydrogen-bond donors (Lipinski definition) is 2. The van der Waals surface area contributed by atoms with Gasteiger partial charge in [-0.25, -0.2) is 4.79 Å². The number of carbonyl (C=O) groups is 1. The average molecular weight is 302 g/mol. The molecule has 106 valence electrons. The highest BCUT2D eigenvalue weighted by atomic mass is 32.2. The van der Waals surface area contributed by atoms with Gasteiger partial charge in [0.05, 0.1) is 5.56 Å². The third kappa shape index (κ3) is 2.24. The molecule has 3 aromatic rings. The van der Waals surface area contributed by atoms with Gasteiger partial charge in [-0.05, 0) is 40.4 Å². The van der Waals surface area contributed by atoms with Crippen LogP contribution in [0.3, 0.4) is 0 Å². The van der Waals surface area contributed by atoms with Gasteiger partial charge in [-0.15, -0.1) is 0 Å². The Bertz CT molecular complexity index is 990. The molecule has 0 saturated carbocycles. The van der Waals surface area contributed by atoms with Gasteiger partial charge in [-0.2, -0.15) is 8.42 Å². The van der Waals surface area contributed by atoms with Crippen LogP contribution in [-0.4, -0.2) is 24.0 Å². The number of carboxylic acid groups (broad SMARTS) is 1. The van der Waals surface area contributed by atoms with E-state index in [1.165, 1.54) is 18.2 Å². The molecule has 0 saturated heterocycles. The van der Waals surface area contributed by atoms with Gasteiger partial charge in [0.2, 0.25) is 0 Å². The highest BCUT2D eigenvalue weighted by Crippen LogP contribution is 2.29. The van der Waals surface area contributed by atoms with Gasteiger partial charge in [0.15, 0.2) is 0 Å². The summed E-state index contributed by atoms with van der Waals surface area (Å²) in [5, 5.41) is 11.2. The van der Waals surface area contributed by atoms with Crippen molar-refractivity contribution in [2.24, 2.45) is 0 Å². The van der Waals surface area contributed by atoms with Crippen LogP contribution in [0, 0.1) is 0 Å². The van der Waals surface area contributed by atoms with Crippen molar-refractivity contribution in [3.05, 3.63) is 54.1 Å². The van der Waals surface area contributed by atoms with Crippen molar-refractivity contribution in [3.63, 3.8) is 0 Å². The molecule has 0 bridgehead atoms. The lowest BCUT2D eigenvalue weighted by atomic mass is 10.00. The number of benzene rings is 3. The first-order valence-corrected chi connectivity index (χ1v) is 7.48. The van der Waals surface area contributed by atoms with Gasteiger partial charge < -0.3 is 5.11 Å². The topological polar surface area (TPSA) is 91.7 Å². The summed E-state index contributed by atoms with van der Waals surface area (Å²) in [6.45, 7) is 0. The summed E-state index contributed by atoms with van der Waals surface area (Å²) < 4.78 is 32.1. The second-order valence-corrected chi connectivity index (χ2v) is 6.03. The Labute approximate surface area is 120 Å². The molecule has 2 N–H and O–H groups in total. The summed E-state index contributed by atoms with van der Waals surface area (Å²) in [5.74, 6) is -1.05. The van der Waals surface area contributed by atoms with Crippen LogP contribution in [0.1, 0.15) is 10.4 Å². The van der Waals surface area contributed by atoms with Crippen LogP contribution in [0.15, 0.2) is 53.4 Å². The summed E-state index contributed by atoms with van der Waals surface area (Å²) in [6, 6.07) is 12.4. The van der Waals surface area contributed by atoms with Crippen molar-refractivity contribution >= 4 is 37.6 Å². The van der Waals surface area contributed by atoms with Crippen molar-refractivity contribution in [1.82, 2.24) is 0 Å². The molecule has 0 unspecified atom stereocenters. The lowest BCUT2D eigenvalue weighted by molar-refractivity contribution is 0.0699. The Hall–Kier alpha value is -2.44. The lowest BCUT2D eigenvalue weighted by Crippen LogP contribution is -2.00. The van der Waals surface area contributed by atoms with E-state index in [1.807, 2.05) is 0 Å². The van der Waals surface area contributed by atoms with Crippen molar-refractivity contribution < 1.29 is 22.9 Å². The number of fused-ring (bicyclic) bond motifs is 2. The molecule has 0 aromatic heterocycles. The number of carboxylic acids is 1. The van der Waals surface area contributed by atoms with Crippen LogP contribution in [0.25, 0.3) is 21.5 Å². The maximum atomic E-state index is 11.4. The molecular weight excluding hydrogens is 292 g/mol. The minimum Gasteiger partial charge on any atom is -0.478 e. The predicted octanol–water partition coefficient (Wildman–Crippen LogP) is 2.94. The van der Waals surface area contributed by atoms with Crippen LogP contribution in [-0.2, 0) is 10.1 Å². The summed E-state index contributed by atoms with van der Waals surface area (Å²) >= 11 is 0. The van der Waals surface area contributed by atoms with E-state index >= 15 is 0 Å². The van der Waals surface area contributed by atoms with E-state index in [2.05, 4.69) is 0 Å². The third-order valence-corrected chi connectivity index (χ3v) is 4.26. The Morgan fingerprint density at radius 3 is 2.10 bits per heavy atom. The second kappa shape index (κ2) is 4.54. The molecule has 0 amide bonds. The van der Waals surface area contributed by atoms with E-state index in [9.17, 15) is 22.9 Å². The summed E-state index contributed by atoms with van der Waals surface area (Å²) in [5.41, 5.74) is 0.145. The molecule has 3 rings (SSSR count). The SMILES string of the molecule is O=C(O)c1cccc2cc3c(S(=O)(=O)O)cccc3cc12. The van der Waals surface area contributed by atoms with Gasteiger partial charge in [-0.3, -0.25) is 4.55 Å². The minimum atomic E-state index is -4.34. The highest BCUT2D eigenvalue weighted by Gasteiger charge is 2.15. The third-order valence-electron chi connectivity index (χ3n) is 3.35. The largest absolute Gasteiger partial charge is 0.478 e. The van der Waals surface area contributed by atoms with E-state index in [4.69, 9.17) is 0 Å². The van der Waals surface area contributed by atoms with Crippen LogP contribution < -0.4 is 0 Å². The first kappa shape index (κ1) is 13.5. The first-order chi connectivity index (χ1) is 9.88. The predicted molar refractivity (Wildman–Crippen MR) is 78.2 cm³/mol. The summed E-state index contributed by atoms with van der Waals surface area (Å²) in [6.07, 6.45) is 0. The molecule has 21 heavy (non-hydrogen) atoms. The average Bonchev–Trinajstić information content (AvgIpc) is 2.42. The van der Waals surface area contributed by atoms with E-state index in [0.29, 0.717) is 21.5 Å². The van der Waals surface area contributed by atoms with Crippen molar-refractivity contribution in [1.29, 1.82) is 0 Å². The second-order valence-electron chi connectivity index (χ2n) is 4.64. The fourth-order valence-corrected chi connectivity index (χ4v) is 3.14. The van der Waals surface area contributed by atoms with Crippen LogP contribution in [0.4, 0.5) is 0 Å². The van der Waals surface area contributed by atoms with Gasteiger partial charge in [0.25, 0.3) is 10.1 Å². The monoisotopic (exact) mass is 302 g/mol. The lowest BCUT2D eigenvalue weighted by Gasteiger charge is -2.08. The van der Waals surface area contributed by atoms with Crippen molar-refractivity contribution in [2.45, 2.75) is 4.90 Å². The Kier molecular flexibility index (Phi) is 2.93. The molecule has 6 heteroatoms. The Morgan fingerprint density at radius 1 is 0.905 bits per heavy atom. The van der Waals surface area contributed by atoms with Crippen molar-refractivity contribution in [2.75, 3.05) is 0 Å². The van der Waals surface area contributed by atoms with E-state index in [0.717, 1.165) is 0 Å². The van der Waals surface area contributed by atoms with E-state index < -0.39 is 16.1 Å². The molecule has 0 aliphatic heterocycles. The summed E-state index contributed by atoms with van der Waals surface area (Å²) in [4.78, 5) is 11.0. The quantitative estimate of drug-likeness (QED) is 0.561. The highest BCUT2D eigenvalue weighted by molar-refractivity contribution is 7.86. The zero-order valence-corrected chi connectivity index (χ0v) is 11.5. The van der Waals surface area contributed by atoms with Crippen LogP contribution >= 0.6 is 0 Å². The number of aromatic carboxylic acids is 1. The zero-order valence-electron chi connectivity index (χ0n) is 10.6. The van der Waals surface area contributed by atoms with Gasteiger partial charge in [0.1, 0.15) is 4.90 Å². The first-order valence-electron chi connectivity index (χ1n) is 6.04. The standard InChI is InChI=1S/C15H10O5S/c16-15(17)11-5-1-3-9-8-13-10(7-12(9)11)4-2-6-14(13)21(18,19)20/h1-8H,(H,16,17)(H,18,19,20). The maximum absolute atomic E-state index is 11.4. The van der Waals surface area contributed by atoms with Gasteiger partial charge >= 0.3 is 5.97 Å². The molecule has 0 radical (unpaired) electrons. The molecule has 0 spiro atoms. The van der Waals surface area contributed by atoms with Crippen LogP contribution in [0.5, 0.6) is 0 Å². The normalized spacial score (nSPS) is 11.9. The Balaban J connectivity index is 2.49. The Morgan fingerprint density at radius 2 is 1.48 bits per heavy atom.